The molecular weight excluding hydrogens is 378 g/mol. The van der Waals surface area contributed by atoms with Crippen LogP contribution in [0.3, 0.4) is 0 Å². The smallest absolute Gasteiger partial charge is 0.317 e. The lowest BCUT2D eigenvalue weighted by Crippen LogP contribution is -2.33. The molecule has 0 bridgehead atoms. The molecule has 176 valence electrons. The van der Waals surface area contributed by atoms with E-state index in [9.17, 15) is 9.59 Å². The fourth-order valence-corrected chi connectivity index (χ4v) is 3.62. The minimum absolute atomic E-state index is 0.0589. The molecule has 0 aliphatic heterocycles. The van der Waals surface area contributed by atoms with E-state index in [2.05, 4.69) is 19.1 Å². The van der Waals surface area contributed by atoms with Crippen molar-refractivity contribution in [3.63, 3.8) is 0 Å². The van der Waals surface area contributed by atoms with Gasteiger partial charge in [0.25, 0.3) is 0 Å². The Morgan fingerprint density at radius 3 is 1.83 bits per heavy atom. The summed E-state index contributed by atoms with van der Waals surface area (Å²) in [7, 11) is 0. The van der Waals surface area contributed by atoms with E-state index < -0.39 is 5.97 Å². The molecule has 0 aromatic rings. The van der Waals surface area contributed by atoms with Crippen LogP contribution < -0.4 is 0 Å². The summed E-state index contributed by atoms with van der Waals surface area (Å²) in [4.78, 5) is 24.4. The number of carboxylic acid groups (broad SMARTS) is 1. The highest BCUT2D eigenvalue weighted by Gasteiger charge is 2.10. The van der Waals surface area contributed by atoms with Crippen LogP contribution in [0.1, 0.15) is 110 Å². The lowest BCUT2D eigenvalue weighted by Gasteiger charge is -2.18. The number of carbonyl (C=O) groups is 2. The van der Waals surface area contributed by atoms with Gasteiger partial charge in [-0.3, -0.25) is 14.5 Å². The molecule has 0 spiro atoms. The average Bonchev–Trinajstić information content (AvgIpc) is 2.70. The second-order valence-corrected chi connectivity index (χ2v) is 8.37. The highest BCUT2D eigenvalue weighted by Crippen LogP contribution is 2.11. The first-order valence-electron chi connectivity index (χ1n) is 12.3. The summed E-state index contributed by atoms with van der Waals surface area (Å²) in [5, 5.41) is 17.8. The maximum atomic E-state index is 11.9. The number of unbranched alkanes of at least 4 members (excludes halogenated alkanes) is 11. The minimum Gasteiger partial charge on any atom is -0.480 e. The Labute approximate surface area is 184 Å². The second-order valence-electron chi connectivity index (χ2n) is 8.37. The zero-order chi connectivity index (χ0) is 22.3. The lowest BCUT2D eigenvalue weighted by molar-refractivity contribution is -0.138. The van der Waals surface area contributed by atoms with E-state index in [-0.39, 0.29) is 18.9 Å². The third kappa shape index (κ3) is 21.5. The fourth-order valence-electron chi connectivity index (χ4n) is 3.62. The van der Waals surface area contributed by atoms with Gasteiger partial charge in [0.2, 0.25) is 0 Å². The Balaban J connectivity index is 3.43. The summed E-state index contributed by atoms with van der Waals surface area (Å²) in [5.41, 5.74) is 0. The van der Waals surface area contributed by atoms with Crippen molar-refractivity contribution in [1.82, 2.24) is 4.90 Å². The largest absolute Gasteiger partial charge is 0.480 e. The number of aliphatic hydroxyl groups is 1. The maximum Gasteiger partial charge on any atom is 0.317 e. The summed E-state index contributed by atoms with van der Waals surface area (Å²) in [5.74, 6) is -0.627. The van der Waals surface area contributed by atoms with E-state index >= 15 is 0 Å². The van der Waals surface area contributed by atoms with Gasteiger partial charge in [-0.1, -0.05) is 70.4 Å². The molecule has 5 nitrogen and oxygen atoms in total. The first kappa shape index (κ1) is 28.8. The maximum absolute atomic E-state index is 11.9. The Kier molecular flexibility index (Phi) is 21.6. The van der Waals surface area contributed by atoms with Crippen LogP contribution in [0.15, 0.2) is 12.2 Å². The van der Waals surface area contributed by atoms with Gasteiger partial charge in [0, 0.05) is 19.4 Å². The van der Waals surface area contributed by atoms with Gasteiger partial charge in [-0.15, -0.1) is 0 Å². The highest BCUT2D eigenvalue weighted by molar-refractivity contribution is 5.78. The molecule has 2 N–H and O–H groups in total. The zero-order valence-electron chi connectivity index (χ0n) is 19.5. The molecule has 0 heterocycles. The average molecular weight is 426 g/mol. The SMILES string of the molecule is CCCCCCC/C=C/CCCCCCCCC(=O)CCCN(CCO)CC(=O)O. The van der Waals surface area contributed by atoms with Crippen molar-refractivity contribution in [3.05, 3.63) is 12.2 Å². The molecule has 0 rings (SSSR count). The van der Waals surface area contributed by atoms with Gasteiger partial charge in [-0.25, -0.2) is 0 Å². The van der Waals surface area contributed by atoms with Gasteiger partial charge >= 0.3 is 5.97 Å². The van der Waals surface area contributed by atoms with Crippen LogP contribution >= 0.6 is 0 Å². The molecule has 0 radical (unpaired) electrons. The number of nitrogens with zero attached hydrogens (tertiary/aromatic N) is 1. The van der Waals surface area contributed by atoms with Gasteiger partial charge in [0.05, 0.1) is 13.2 Å². The van der Waals surface area contributed by atoms with Crippen LogP contribution in [-0.2, 0) is 9.59 Å². The normalized spacial score (nSPS) is 11.6. The molecule has 30 heavy (non-hydrogen) atoms. The van der Waals surface area contributed by atoms with Crippen molar-refractivity contribution in [2.45, 2.75) is 110 Å². The molecule has 0 aromatic heterocycles. The van der Waals surface area contributed by atoms with Gasteiger partial charge in [-0.05, 0) is 45.1 Å². The van der Waals surface area contributed by atoms with E-state index in [0.717, 1.165) is 12.8 Å². The van der Waals surface area contributed by atoms with Crippen LogP contribution in [-0.4, -0.2) is 53.1 Å². The Morgan fingerprint density at radius 1 is 0.733 bits per heavy atom. The fraction of sp³-hybridized carbons (Fsp3) is 0.840. The molecule has 0 aliphatic carbocycles. The number of Topliss-reactive ketones (excluding diaryl/α,β-unsaturated/α-hetero) is 1. The molecule has 0 aliphatic rings. The van der Waals surface area contributed by atoms with Crippen LogP contribution in [0, 0.1) is 0 Å². The van der Waals surface area contributed by atoms with E-state index in [4.69, 9.17) is 10.2 Å². The zero-order valence-corrected chi connectivity index (χ0v) is 19.5. The monoisotopic (exact) mass is 425 g/mol. The van der Waals surface area contributed by atoms with E-state index in [1.807, 2.05) is 0 Å². The van der Waals surface area contributed by atoms with Crippen molar-refractivity contribution in [3.8, 4) is 0 Å². The van der Waals surface area contributed by atoms with Crippen molar-refractivity contribution in [2.75, 3.05) is 26.2 Å². The van der Waals surface area contributed by atoms with Crippen molar-refractivity contribution in [1.29, 1.82) is 0 Å². The number of ketones is 1. The number of carboxylic acids is 1. The molecule has 0 saturated heterocycles. The molecule has 0 unspecified atom stereocenters. The summed E-state index contributed by atoms with van der Waals surface area (Å²) in [6.45, 7) is 3.00. The summed E-state index contributed by atoms with van der Waals surface area (Å²) >= 11 is 0. The van der Waals surface area contributed by atoms with Gasteiger partial charge in [-0.2, -0.15) is 0 Å². The van der Waals surface area contributed by atoms with E-state index in [1.54, 1.807) is 4.90 Å². The van der Waals surface area contributed by atoms with Crippen molar-refractivity contribution < 1.29 is 19.8 Å². The van der Waals surface area contributed by atoms with E-state index in [0.29, 0.717) is 32.4 Å². The first-order valence-corrected chi connectivity index (χ1v) is 12.3. The number of hydrogen-bond acceptors (Lipinski definition) is 4. The number of allylic oxidation sites excluding steroid dienone is 2. The Bertz CT molecular complexity index is 437. The molecular formula is C25H47NO4. The third-order valence-corrected chi connectivity index (χ3v) is 5.42. The van der Waals surface area contributed by atoms with Crippen LogP contribution in [0.25, 0.3) is 0 Å². The number of carbonyl (C=O) groups excluding carboxylic acids is 1. The highest BCUT2D eigenvalue weighted by atomic mass is 16.4. The van der Waals surface area contributed by atoms with Crippen LogP contribution in [0.4, 0.5) is 0 Å². The van der Waals surface area contributed by atoms with Gasteiger partial charge in [0.15, 0.2) is 0 Å². The van der Waals surface area contributed by atoms with Gasteiger partial charge < -0.3 is 10.2 Å². The molecule has 0 saturated carbocycles. The van der Waals surface area contributed by atoms with Gasteiger partial charge in [0.1, 0.15) is 5.78 Å². The number of rotatable bonds is 23. The number of aliphatic carboxylic acids is 1. The van der Waals surface area contributed by atoms with Crippen LogP contribution in [0.5, 0.6) is 0 Å². The van der Waals surface area contributed by atoms with Crippen LogP contribution in [0.2, 0.25) is 0 Å². The number of hydrogen-bond donors (Lipinski definition) is 2. The predicted octanol–water partition coefficient (Wildman–Crippen LogP) is 5.75. The molecule has 0 aromatic carbocycles. The van der Waals surface area contributed by atoms with Crippen molar-refractivity contribution in [2.24, 2.45) is 0 Å². The summed E-state index contributed by atoms with van der Waals surface area (Å²) in [6.07, 6.45) is 22.8. The quantitative estimate of drug-likeness (QED) is 0.161. The predicted molar refractivity (Wildman–Crippen MR) is 125 cm³/mol. The Morgan fingerprint density at radius 2 is 1.27 bits per heavy atom. The molecule has 0 amide bonds. The first-order chi connectivity index (χ1) is 14.6. The third-order valence-electron chi connectivity index (χ3n) is 5.42. The van der Waals surface area contributed by atoms with E-state index in [1.165, 1.54) is 70.6 Å². The lowest BCUT2D eigenvalue weighted by atomic mass is 10.0. The molecule has 0 atom stereocenters. The molecule has 0 fully saturated rings. The topological polar surface area (TPSA) is 77.8 Å². The molecule has 5 heteroatoms. The van der Waals surface area contributed by atoms with Crippen molar-refractivity contribution >= 4 is 11.8 Å². The minimum atomic E-state index is -0.899. The number of aliphatic hydroxyl groups excluding tert-OH is 1. The second kappa shape index (κ2) is 22.5. The summed E-state index contributed by atoms with van der Waals surface area (Å²) in [6, 6.07) is 0. The Hall–Kier alpha value is -1.20. The standard InChI is InChI=1S/C25H47NO4/c1-2-3-4-5-6-7-8-9-10-11-12-13-14-15-16-18-24(28)19-17-20-26(21-22-27)23-25(29)30/h8-9,27H,2-7,10-23H2,1H3,(H,29,30)/b9-8+. The summed E-state index contributed by atoms with van der Waals surface area (Å²) < 4.78 is 0.